The van der Waals surface area contributed by atoms with E-state index in [0.29, 0.717) is 0 Å². The van der Waals surface area contributed by atoms with Crippen molar-refractivity contribution in [3.63, 3.8) is 0 Å². The van der Waals surface area contributed by atoms with Crippen molar-refractivity contribution in [1.29, 1.82) is 0 Å². The minimum atomic E-state index is -2.77. The number of nitrogens with zero attached hydrogens (tertiary/aromatic N) is 1. The molecule has 0 amide bonds. The summed E-state index contributed by atoms with van der Waals surface area (Å²) >= 11 is 0. The highest BCUT2D eigenvalue weighted by molar-refractivity contribution is 5.27. The summed E-state index contributed by atoms with van der Waals surface area (Å²) in [5, 5.41) is 3.30. The number of nitrogens with one attached hydrogen (secondary N) is 1. The molecule has 0 aliphatic carbocycles. The highest BCUT2D eigenvalue weighted by Gasteiger charge is 2.03. The van der Waals surface area contributed by atoms with E-state index in [0.717, 1.165) is 31.7 Å². The van der Waals surface area contributed by atoms with Gasteiger partial charge in [0.2, 0.25) is 0 Å². The molecule has 0 heterocycles. The van der Waals surface area contributed by atoms with Crippen LogP contribution in [0.15, 0.2) is 24.3 Å². The Kier molecular flexibility index (Phi) is 6.60. The van der Waals surface area contributed by atoms with Crippen molar-refractivity contribution in [2.45, 2.75) is 20.1 Å². The fourth-order valence-corrected chi connectivity index (χ4v) is 1.45. The van der Waals surface area contributed by atoms with E-state index in [1.807, 2.05) is 0 Å². The van der Waals surface area contributed by atoms with Crippen molar-refractivity contribution >= 4 is 0 Å². The van der Waals surface area contributed by atoms with E-state index in [4.69, 9.17) is 0 Å². The third-order valence-electron chi connectivity index (χ3n) is 2.69. The lowest BCUT2D eigenvalue weighted by molar-refractivity contribution is -0.0498. The van der Waals surface area contributed by atoms with Gasteiger partial charge in [-0.25, -0.2) is 0 Å². The van der Waals surface area contributed by atoms with Crippen LogP contribution in [0.2, 0.25) is 0 Å². The largest absolute Gasteiger partial charge is 0.435 e. The van der Waals surface area contributed by atoms with Gasteiger partial charge in [0.25, 0.3) is 0 Å². The highest BCUT2D eigenvalue weighted by Crippen LogP contribution is 2.14. The standard InChI is InChI=1S/C13H20F2N2O/c1-3-17(2)9-8-16-10-11-4-6-12(7-5-11)18-13(14)15/h4-7,13,16H,3,8-10H2,1-2H3. The van der Waals surface area contributed by atoms with Crippen molar-refractivity contribution < 1.29 is 13.5 Å². The number of halogens is 2. The summed E-state index contributed by atoms with van der Waals surface area (Å²) in [7, 11) is 2.07. The molecular formula is C13H20F2N2O. The Morgan fingerprint density at radius 3 is 2.50 bits per heavy atom. The zero-order valence-electron chi connectivity index (χ0n) is 10.8. The summed E-state index contributed by atoms with van der Waals surface area (Å²) in [6, 6.07) is 6.69. The quantitative estimate of drug-likeness (QED) is 0.724. The fourth-order valence-electron chi connectivity index (χ4n) is 1.45. The molecule has 18 heavy (non-hydrogen) atoms. The van der Waals surface area contributed by atoms with Crippen molar-refractivity contribution in [2.24, 2.45) is 0 Å². The second kappa shape index (κ2) is 8.00. The molecule has 1 aromatic carbocycles. The normalized spacial score (nSPS) is 11.2. The summed E-state index contributed by atoms with van der Waals surface area (Å²) in [5.41, 5.74) is 1.05. The van der Waals surface area contributed by atoms with Gasteiger partial charge in [-0.3, -0.25) is 0 Å². The second-order valence-corrected chi connectivity index (χ2v) is 4.10. The van der Waals surface area contributed by atoms with Gasteiger partial charge in [0.05, 0.1) is 0 Å². The van der Waals surface area contributed by atoms with Crippen LogP contribution in [0.1, 0.15) is 12.5 Å². The van der Waals surface area contributed by atoms with Crippen LogP contribution in [0.5, 0.6) is 5.75 Å². The maximum absolute atomic E-state index is 11.9. The van der Waals surface area contributed by atoms with Crippen LogP contribution in [-0.4, -0.2) is 38.2 Å². The third-order valence-corrected chi connectivity index (χ3v) is 2.69. The molecule has 3 nitrogen and oxygen atoms in total. The van der Waals surface area contributed by atoms with Crippen LogP contribution < -0.4 is 10.1 Å². The van der Waals surface area contributed by atoms with Gasteiger partial charge >= 0.3 is 6.61 Å². The summed E-state index contributed by atoms with van der Waals surface area (Å²) in [4.78, 5) is 2.21. The average molecular weight is 258 g/mol. The minimum absolute atomic E-state index is 0.194. The zero-order valence-corrected chi connectivity index (χ0v) is 10.8. The number of benzene rings is 1. The van der Waals surface area contributed by atoms with Crippen LogP contribution in [0, 0.1) is 0 Å². The van der Waals surface area contributed by atoms with Gasteiger partial charge in [0, 0.05) is 19.6 Å². The van der Waals surface area contributed by atoms with Gasteiger partial charge in [-0.1, -0.05) is 19.1 Å². The van der Waals surface area contributed by atoms with E-state index < -0.39 is 6.61 Å². The van der Waals surface area contributed by atoms with Crippen molar-refractivity contribution in [1.82, 2.24) is 10.2 Å². The topological polar surface area (TPSA) is 24.5 Å². The molecule has 1 aromatic rings. The predicted octanol–water partition coefficient (Wildman–Crippen LogP) is 2.33. The van der Waals surface area contributed by atoms with Crippen molar-refractivity contribution in [3.8, 4) is 5.75 Å². The number of hydrogen-bond donors (Lipinski definition) is 1. The molecule has 0 bridgehead atoms. The molecule has 0 aromatic heterocycles. The number of likely N-dealkylation sites (N-methyl/N-ethyl adjacent to an activating group) is 1. The Morgan fingerprint density at radius 2 is 1.94 bits per heavy atom. The molecule has 0 saturated carbocycles. The molecule has 1 rings (SSSR count). The van der Waals surface area contributed by atoms with Gasteiger partial charge in [0.15, 0.2) is 0 Å². The van der Waals surface area contributed by atoms with E-state index in [-0.39, 0.29) is 5.75 Å². The first-order valence-electron chi connectivity index (χ1n) is 6.05. The van der Waals surface area contributed by atoms with Crippen molar-refractivity contribution in [3.05, 3.63) is 29.8 Å². The van der Waals surface area contributed by atoms with Crippen LogP contribution in [-0.2, 0) is 6.54 Å². The SMILES string of the molecule is CCN(C)CCNCc1ccc(OC(F)F)cc1. The van der Waals surface area contributed by atoms with E-state index in [1.165, 1.54) is 0 Å². The Balaban J connectivity index is 2.26. The van der Waals surface area contributed by atoms with Gasteiger partial charge in [-0.2, -0.15) is 8.78 Å². The van der Waals surface area contributed by atoms with Gasteiger partial charge in [-0.15, -0.1) is 0 Å². The van der Waals surface area contributed by atoms with E-state index in [9.17, 15) is 8.78 Å². The summed E-state index contributed by atoms with van der Waals surface area (Å²) in [6.07, 6.45) is 0. The van der Waals surface area contributed by atoms with E-state index >= 15 is 0 Å². The summed E-state index contributed by atoms with van der Waals surface area (Å²) < 4.78 is 28.2. The Labute approximate surface area is 107 Å². The number of alkyl halides is 2. The Hall–Kier alpha value is -1.20. The first-order valence-corrected chi connectivity index (χ1v) is 6.05. The van der Waals surface area contributed by atoms with Crippen LogP contribution in [0.3, 0.4) is 0 Å². The maximum Gasteiger partial charge on any atom is 0.387 e. The summed E-state index contributed by atoms with van der Waals surface area (Å²) in [5.74, 6) is 0.194. The molecule has 0 spiro atoms. The lowest BCUT2D eigenvalue weighted by atomic mass is 10.2. The maximum atomic E-state index is 11.9. The molecule has 0 atom stereocenters. The molecule has 0 fully saturated rings. The van der Waals surface area contributed by atoms with Crippen LogP contribution >= 0.6 is 0 Å². The third kappa shape index (κ3) is 5.93. The van der Waals surface area contributed by atoms with E-state index in [2.05, 4.69) is 28.9 Å². The van der Waals surface area contributed by atoms with E-state index in [1.54, 1.807) is 24.3 Å². The zero-order chi connectivity index (χ0) is 13.4. The number of hydrogen-bond acceptors (Lipinski definition) is 3. The summed E-state index contributed by atoms with van der Waals surface area (Å²) in [6.45, 7) is 3.00. The lowest BCUT2D eigenvalue weighted by Crippen LogP contribution is -2.28. The average Bonchev–Trinajstić information content (AvgIpc) is 2.35. The molecule has 0 aliphatic rings. The number of ether oxygens (including phenoxy) is 1. The first-order chi connectivity index (χ1) is 8.61. The van der Waals surface area contributed by atoms with Gasteiger partial charge < -0.3 is 15.0 Å². The Morgan fingerprint density at radius 1 is 1.28 bits per heavy atom. The van der Waals surface area contributed by atoms with Gasteiger partial charge in [0.1, 0.15) is 5.75 Å². The minimum Gasteiger partial charge on any atom is -0.435 e. The van der Waals surface area contributed by atoms with Crippen molar-refractivity contribution in [2.75, 3.05) is 26.7 Å². The number of rotatable bonds is 8. The molecule has 0 aliphatic heterocycles. The predicted molar refractivity (Wildman–Crippen MR) is 68.0 cm³/mol. The lowest BCUT2D eigenvalue weighted by Gasteiger charge is -2.14. The second-order valence-electron chi connectivity index (χ2n) is 4.10. The van der Waals surface area contributed by atoms with Gasteiger partial charge in [-0.05, 0) is 31.3 Å². The monoisotopic (exact) mass is 258 g/mol. The molecule has 102 valence electrons. The molecular weight excluding hydrogens is 238 g/mol. The molecule has 5 heteroatoms. The van der Waals surface area contributed by atoms with Crippen LogP contribution in [0.25, 0.3) is 0 Å². The highest BCUT2D eigenvalue weighted by atomic mass is 19.3. The molecule has 0 unspecified atom stereocenters. The first kappa shape index (κ1) is 14.9. The Bertz CT molecular complexity index is 330. The molecule has 0 saturated heterocycles. The smallest absolute Gasteiger partial charge is 0.387 e. The molecule has 0 radical (unpaired) electrons. The van der Waals surface area contributed by atoms with Crippen LogP contribution in [0.4, 0.5) is 8.78 Å². The molecule has 1 N–H and O–H groups in total. The fraction of sp³-hybridized carbons (Fsp3) is 0.538.